The summed E-state index contributed by atoms with van der Waals surface area (Å²) in [5.41, 5.74) is 1.65. The van der Waals surface area contributed by atoms with Crippen LogP contribution in [0.5, 0.6) is 0 Å². The van der Waals surface area contributed by atoms with Gasteiger partial charge in [0.25, 0.3) is 0 Å². The molecule has 1 amide bonds. The monoisotopic (exact) mass is 219 g/mol. The summed E-state index contributed by atoms with van der Waals surface area (Å²) in [5, 5.41) is 2.84. The van der Waals surface area contributed by atoms with Gasteiger partial charge in [-0.2, -0.15) is 0 Å². The smallest absolute Gasteiger partial charge is 0.247 e. The van der Waals surface area contributed by atoms with Crippen molar-refractivity contribution in [3.63, 3.8) is 0 Å². The van der Waals surface area contributed by atoms with Crippen molar-refractivity contribution < 1.29 is 9.18 Å². The number of rotatable bonds is 1. The standard InChI is InChI=1S/C13H14FNO/c14-12-6-4-10(5-7-12)9-11-3-1-2-8-15-13(11)16/h4-7,9H,1-3,8H2,(H,15,16). The zero-order valence-electron chi connectivity index (χ0n) is 9.00. The molecule has 1 heterocycles. The Bertz CT molecular complexity index is 408. The molecule has 0 aromatic heterocycles. The molecule has 2 rings (SSSR count). The molecule has 3 heteroatoms. The summed E-state index contributed by atoms with van der Waals surface area (Å²) in [6.45, 7) is 0.750. The van der Waals surface area contributed by atoms with Crippen LogP contribution in [0.25, 0.3) is 6.08 Å². The van der Waals surface area contributed by atoms with Crippen molar-refractivity contribution in [3.8, 4) is 0 Å². The van der Waals surface area contributed by atoms with Crippen molar-refractivity contribution in [2.45, 2.75) is 19.3 Å². The Morgan fingerprint density at radius 3 is 2.69 bits per heavy atom. The van der Waals surface area contributed by atoms with Crippen molar-refractivity contribution in [3.05, 3.63) is 41.2 Å². The summed E-state index contributed by atoms with van der Waals surface area (Å²) in [7, 11) is 0. The summed E-state index contributed by atoms with van der Waals surface area (Å²) < 4.78 is 12.7. The highest BCUT2D eigenvalue weighted by molar-refractivity contribution is 5.97. The summed E-state index contributed by atoms with van der Waals surface area (Å²) in [4.78, 5) is 11.6. The van der Waals surface area contributed by atoms with Crippen molar-refractivity contribution in [2.75, 3.05) is 6.54 Å². The van der Waals surface area contributed by atoms with Gasteiger partial charge in [-0.05, 0) is 43.0 Å². The Balaban J connectivity index is 2.21. The zero-order chi connectivity index (χ0) is 11.4. The molecular formula is C13H14FNO. The van der Waals surface area contributed by atoms with Gasteiger partial charge in [-0.3, -0.25) is 4.79 Å². The summed E-state index contributed by atoms with van der Waals surface area (Å²) in [6.07, 6.45) is 4.67. The van der Waals surface area contributed by atoms with Gasteiger partial charge in [0.2, 0.25) is 5.91 Å². The van der Waals surface area contributed by atoms with Gasteiger partial charge in [0.15, 0.2) is 0 Å². The van der Waals surface area contributed by atoms with Crippen LogP contribution in [0.4, 0.5) is 4.39 Å². The Morgan fingerprint density at radius 2 is 1.94 bits per heavy atom. The van der Waals surface area contributed by atoms with Gasteiger partial charge >= 0.3 is 0 Å². The SMILES string of the molecule is O=C1NCCCCC1=Cc1ccc(F)cc1. The average molecular weight is 219 g/mol. The van der Waals surface area contributed by atoms with Crippen LogP contribution in [0, 0.1) is 5.82 Å². The molecular weight excluding hydrogens is 205 g/mol. The van der Waals surface area contributed by atoms with Crippen LogP contribution < -0.4 is 5.32 Å². The van der Waals surface area contributed by atoms with Crippen LogP contribution in [-0.2, 0) is 4.79 Å². The molecule has 0 aliphatic carbocycles. The highest BCUT2D eigenvalue weighted by Gasteiger charge is 2.12. The Morgan fingerprint density at radius 1 is 1.19 bits per heavy atom. The highest BCUT2D eigenvalue weighted by atomic mass is 19.1. The van der Waals surface area contributed by atoms with Crippen LogP contribution in [0.2, 0.25) is 0 Å². The number of amides is 1. The highest BCUT2D eigenvalue weighted by Crippen LogP contribution is 2.15. The fraction of sp³-hybridized carbons (Fsp3) is 0.308. The Hall–Kier alpha value is -1.64. The third-order valence-corrected chi connectivity index (χ3v) is 2.66. The zero-order valence-corrected chi connectivity index (χ0v) is 9.00. The number of hydrogen-bond acceptors (Lipinski definition) is 1. The van der Waals surface area contributed by atoms with E-state index in [9.17, 15) is 9.18 Å². The van der Waals surface area contributed by atoms with E-state index in [-0.39, 0.29) is 11.7 Å². The van der Waals surface area contributed by atoms with Crippen LogP contribution in [-0.4, -0.2) is 12.5 Å². The minimum atomic E-state index is -0.257. The van der Waals surface area contributed by atoms with Crippen LogP contribution in [0.3, 0.4) is 0 Å². The minimum Gasteiger partial charge on any atom is -0.352 e. The van der Waals surface area contributed by atoms with Gasteiger partial charge in [0.1, 0.15) is 5.82 Å². The molecule has 0 saturated carbocycles. The number of halogens is 1. The topological polar surface area (TPSA) is 29.1 Å². The first-order chi connectivity index (χ1) is 7.75. The molecule has 1 saturated heterocycles. The molecule has 1 aliphatic rings. The number of hydrogen-bond donors (Lipinski definition) is 1. The van der Waals surface area contributed by atoms with E-state index in [1.165, 1.54) is 12.1 Å². The number of carbonyl (C=O) groups is 1. The molecule has 1 aromatic rings. The van der Waals surface area contributed by atoms with Crippen molar-refractivity contribution in [2.24, 2.45) is 0 Å². The van der Waals surface area contributed by atoms with Gasteiger partial charge in [0, 0.05) is 12.1 Å². The Labute approximate surface area is 94.2 Å². The second-order valence-corrected chi connectivity index (χ2v) is 3.93. The van der Waals surface area contributed by atoms with Gasteiger partial charge < -0.3 is 5.32 Å². The molecule has 0 unspecified atom stereocenters. The maximum absolute atomic E-state index is 12.7. The fourth-order valence-corrected chi connectivity index (χ4v) is 1.77. The predicted octanol–water partition coefficient (Wildman–Crippen LogP) is 2.51. The molecule has 1 aliphatic heterocycles. The molecule has 0 radical (unpaired) electrons. The Kier molecular flexibility index (Phi) is 3.34. The molecule has 16 heavy (non-hydrogen) atoms. The average Bonchev–Trinajstić information content (AvgIpc) is 2.48. The molecule has 84 valence electrons. The van der Waals surface area contributed by atoms with Gasteiger partial charge in [-0.15, -0.1) is 0 Å². The third-order valence-electron chi connectivity index (χ3n) is 2.66. The summed E-state index contributed by atoms with van der Waals surface area (Å²) in [5.74, 6) is -0.255. The first-order valence-electron chi connectivity index (χ1n) is 5.50. The van der Waals surface area contributed by atoms with Crippen molar-refractivity contribution in [1.29, 1.82) is 0 Å². The normalized spacial score (nSPS) is 19.3. The van der Waals surface area contributed by atoms with E-state index in [1.54, 1.807) is 12.1 Å². The van der Waals surface area contributed by atoms with E-state index >= 15 is 0 Å². The molecule has 0 spiro atoms. The van der Waals surface area contributed by atoms with E-state index in [0.717, 1.165) is 36.9 Å². The first kappa shape index (κ1) is 10.9. The number of benzene rings is 1. The number of nitrogens with one attached hydrogen (secondary N) is 1. The van der Waals surface area contributed by atoms with Crippen LogP contribution >= 0.6 is 0 Å². The molecule has 0 atom stereocenters. The second-order valence-electron chi connectivity index (χ2n) is 3.93. The predicted molar refractivity (Wildman–Crippen MR) is 61.2 cm³/mol. The van der Waals surface area contributed by atoms with Gasteiger partial charge in [-0.25, -0.2) is 4.39 Å². The summed E-state index contributed by atoms with van der Waals surface area (Å²) in [6, 6.07) is 6.17. The van der Waals surface area contributed by atoms with E-state index < -0.39 is 0 Å². The van der Waals surface area contributed by atoms with E-state index in [1.807, 2.05) is 6.08 Å². The molecule has 1 aromatic carbocycles. The van der Waals surface area contributed by atoms with Crippen LogP contribution in [0.15, 0.2) is 29.8 Å². The van der Waals surface area contributed by atoms with E-state index in [0.29, 0.717) is 0 Å². The van der Waals surface area contributed by atoms with E-state index in [2.05, 4.69) is 5.32 Å². The van der Waals surface area contributed by atoms with E-state index in [4.69, 9.17) is 0 Å². The summed E-state index contributed by atoms with van der Waals surface area (Å²) >= 11 is 0. The lowest BCUT2D eigenvalue weighted by molar-refractivity contribution is -0.117. The largest absolute Gasteiger partial charge is 0.352 e. The number of carbonyl (C=O) groups excluding carboxylic acids is 1. The lowest BCUT2D eigenvalue weighted by atomic mass is 10.1. The van der Waals surface area contributed by atoms with Gasteiger partial charge in [-0.1, -0.05) is 12.1 Å². The lowest BCUT2D eigenvalue weighted by Crippen LogP contribution is -2.23. The quantitative estimate of drug-likeness (QED) is 0.722. The molecule has 1 fully saturated rings. The van der Waals surface area contributed by atoms with Crippen molar-refractivity contribution >= 4 is 12.0 Å². The second kappa shape index (κ2) is 4.92. The third kappa shape index (κ3) is 2.69. The molecule has 0 bridgehead atoms. The first-order valence-corrected chi connectivity index (χ1v) is 5.50. The minimum absolute atomic E-state index is 0.00169. The van der Waals surface area contributed by atoms with Crippen LogP contribution in [0.1, 0.15) is 24.8 Å². The molecule has 2 nitrogen and oxygen atoms in total. The lowest BCUT2D eigenvalue weighted by Gasteiger charge is -2.02. The molecule has 1 N–H and O–H groups in total. The maximum atomic E-state index is 12.7. The maximum Gasteiger partial charge on any atom is 0.247 e. The van der Waals surface area contributed by atoms with Gasteiger partial charge in [0.05, 0.1) is 0 Å². The van der Waals surface area contributed by atoms with Crippen molar-refractivity contribution in [1.82, 2.24) is 5.32 Å². The fourth-order valence-electron chi connectivity index (χ4n) is 1.77.